The molecule has 1 aliphatic heterocycles. The topological polar surface area (TPSA) is 103 Å². The molecule has 0 radical (unpaired) electrons. The molecule has 7 heteroatoms. The van der Waals surface area contributed by atoms with Gasteiger partial charge in [0, 0.05) is 36.5 Å². The fourth-order valence-corrected chi connectivity index (χ4v) is 6.50. The smallest absolute Gasteiger partial charge is 0.341 e. The van der Waals surface area contributed by atoms with Gasteiger partial charge in [0.05, 0.1) is 12.7 Å². The molecule has 3 N–H and O–H groups in total. The van der Waals surface area contributed by atoms with Crippen LogP contribution in [0.1, 0.15) is 39.2 Å². The highest BCUT2D eigenvalue weighted by Crippen LogP contribution is 2.61. The minimum Gasteiger partial charge on any atom is -0.497 e. The number of likely N-dealkylation sites (N-methyl/N-ethyl adjacent to an activating group) is 1. The predicted octanol–water partition coefficient (Wildman–Crippen LogP) is 1.49. The van der Waals surface area contributed by atoms with Gasteiger partial charge >= 0.3 is 5.97 Å². The predicted molar refractivity (Wildman–Crippen MR) is 110 cm³/mol. The van der Waals surface area contributed by atoms with E-state index in [1.165, 1.54) is 6.07 Å². The van der Waals surface area contributed by atoms with Crippen LogP contribution in [0.25, 0.3) is 0 Å². The van der Waals surface area contributed by atoms with Crippen molar-refractivity contribution in [2.24, 2.45) is 5.92 Å². The van der Waals surface area contributed by atoms with E-state index in [9.17, 15) is 19.8 Å². The van der Waals surface area contributed by atoms with Crippen molar-refractivity contribution in [1.82, 2.24) is 9.88 Å². The lowest BCUT2D eigenvalue weighted by Gasteiger charge is -2.53. The van der Waals surface area contributed by atoms with Crippen molar-refractivity contribution in [1.29, 1.82) is 0 Å². The monoisotopic (exact) mass is 410 g/mol. The second kappa shape index (κ2) is 6.18. The molecule has 1 aromatic carbocycles. The third-order valence-corrected chi connectivity index (χ3v) is 7.72. The van der Waals surface area contributed by atoms with Gasteiger partial charge in [-0.25, -0.2) is 4.79 Å². The number of aliphatic hydroxyl groups is 1. The van der Waals surface area contributed by atoms with E-state index in [1.54, 1.807) is 7.11 Å². The zero-order valence-electron chi connectivity index (χ0n) is 17.4. The highest BCUT2D eigenvalue weighted by Gasteiger charge is 2.70. The molecule has 0 spiro atoms. The van der Waals surface area contributed by atoms with E-state index >= 15 is 0 Å². The number of carbonyl (C=O) groups is 1. The number of benzene rings is 1. The molecule has 1 saturated carbocycles. The standard InChI is InChI=1S/C23H26N2O5/c1-12-4-5-15(30-3)7-17(12)22-8-14-11-25(2)19(14)23(22,29)9-13-6-16(21(27)28)20(26)24-18(13)10-22/h4-7,14,19,29H,8-11H2,1-3H3,(H,24,26)(H,27,28)/t14?,19-,22-,23?/m1/s1. The molecule has 2 aromatic rings. The van der Waals surface area contributed by atoms with Gasteiger partial charge in [-0.15, -0.1) is 0 Å². The first-order chi connectivity index (χ1) is 14.2. The van der Waals surface area contributed by atoms with E-state index < -0.39 is 22.5 Å². The van der Waals surface area contributed by atoms with Gasteiger partial charge in [0.25, 0.3) is 5.56 Å². The molecule has 1 saturated heterocycles. The number of nitrogens with one attached hydrogen (secondary N) is 1. The molecule has 4 atom stereocenters. The summed E-state index contributed by atoms with van der Waals surface area (Å²) in [4.78, 5) is 28.9. The number of carboxylic acid groups (broad SMARTS) is 1. The lowest BCUT2D eigenvalue weighted by Crippen LogP contribution is -2.67. The fourth-order valence-electron chi connectivity index (χ4n) is 6.50. The molecule has 0 amide bonds. The number of rotatable bonds is 3. The number of aromatic carboxylic acids is 1. The number of pyridine rings is 1. The number of fused-ring (bicyclic) bond motifs is 4. The van der Waals surface area contributed by atoms with Gasteiger partial charge < -0.3 is 19.9 Å². The maximum absolute atomic E-state index is 12.4. The van der Waals surface area contributed by atoms with E-state index in [1.807, 2.05) is 32.2 Å². The van der Waals surface area contributed by atoms with Crippen LogP contribution >= 0.6 is 0 Å². The highest BCUT2D eigenvalue weighted by molar-refractivity contribution is 5.87. The quantitative estimate of drug-likeness (QED) is 0.709. The van der Waals surface area contributed by atoms with Gasteiger partial charge in [-0.3, -0.25) is 9.69 Å². The number of methoxy groups -OCH3 is 1. The zero-order chi connectivity index (χ0) is 21.4. The van der Waals surface area contributed by atoms with Crippen LogP contribution in [0, 0.1) is 12.8 Å². The summed E-state index contributed by atoms with van der Waals surface area (Å²) in [5, 5.41) is 21.7. The van der Waals surface area contributed by atoms with Crippen molar-refractivity contribution in [3.05, 3.63) is 62.6 Å². The molecule has 0 bridgehead atoms. The summed E-state index contributed by atoms with van der Waals surface area (Å²) in [7, 11) is 3.66. The third-order valence-electron chi connectivity index (χ3n) is 7.72. The number of nitrogens with zero attached hydrogens (tertiary/aromatic N) is 1. The summed E-state index contributed by atoms with van der Waals surface area (Å²) in [6, 6.07) is 7.39. The molecule has 158 valence electrons. The molecule has 2 unspecified atom stereocenters. The molecular weight excluding hydrogens is 384 g/mol. The molecule has 3 aliphatic rings. The molecule has 5 rings (SSSR count). The van der Waals surface area contributed by atoms with Gasteiger partial charge in [-0.2, -0.15) is 0 Å². The first kappa shape index (κ1) is 19.3. The Hall–Kier alpha value is -2.64. The minimum absolute atomic E-state index is 0.00328. The molecular formula is C23H26N2O5. The lowest BCUT2D eigenvalue weighted by molar-refractivity contribution is -0.108. The second-order valence-corrected chi connectivity index (χ2v) is 9.21. The summed E-state index contributed by atoms with van der Waals surface area (Å²) >= 11 is 0. The minimum atomic E-state index is -1.25. The second-order valence-electron chi connectivity index (χ2n) is 9.21. The zero-order valence-corrected chi connectivity index (χ0v) is 17.4. The average molecular weight is 410 g/mol. The third kappa shape index (κ3) is 2.33. The van der Waals surface area contributed by atoms with Crippen LogP contribution in [0.3, 0.4) is 0 Å². The Balaban J connectivity index is 1.74. The van der Waals surface area contributed by atoms with E-state index in [-0.39, 0.29) is 11.6 Å². The van der Waals surface area contributed by atoms with Crippen molar-refractivity contribution < 1.29 is 19.7 Å². The van der Waals surface area contributed by atoms with Gasteiger partial charge in [-0.05, 0) is 61.2 Å². The Bertz CT molecular complexity index is 1130. The molecule has 7 nitrogen and oxygen atoms in total. The molecule has 2 fully saturated rings. The number of H-pyrrole nitrogens is 1. The number of carboxylic acids is 1. The van der Waals surface area contributed by atoms with E-state index in [0.29, 0.717) is 24.3 Å². The highest BCUT2D eigenvalue weighted by atomic mass is 16.5. The van der Waals surface area contributed by atoms with Crippen LogP contribution in [0.4, 0.5) is 0 Å². The Kier molecular flexibility index (Phi) is 3.98. The van der Waals surface area contributed by atoms with Crippen molar-refractivity contribution in [2.45, 2.75) is 43.2 Å². The Morgan fingerprint density at radius 2 is 2.07 bits per heavy atom. The number of hydrogen-bond acceptors (Lipinski definition) is 5. The van der Waals surface area contributed by atoms with Gasteiger partial charge in [0.15, 0.2) is 0 Å². The maximum Gasteiger partial charge on any atom is 0.341 e. The average Bonchev–Trinajstić information content (AvgIpc) is 2.88. The Morgan fingerprint density at radius 1 is 1.30 bits per heavy atom. The van der Waals surface area contributed by atoms with E-state index in [4.69, 9.17) is 4.74 Å². The van der Waals surface area contributed by atoms with Crippen LogP contribution in [-0.2, 0) is 18.3 Å². The normalized spacial score (nSPS) is 32.0. The number of ether oxygens (including phenoxy) is 1. The van der Waals surface area contributed by atoms with E-state index in [2.05, 4.69) is 9.88 Å². The van der Waals surface area contributed by atoms with Crippen molar-refractivity contribution in [2.75, 3.05) is 20.7 Å². The van der Waals surface area contributed by atoms with Crippen molar-refractivity contribution in [3.63, 3.8) is 0 Å². The molecule has 2 aliphatic carbocycles. The van der Waals surface area contributed by atoms with Crippen LogP contribution in [-0.4, -0.2) is 58.4 Å². The van der Waals surface area contributed by atoms with Gasteiger partial charge in [0.2, 0.25) is 0 Å². The molecule has 30 heavy (non-hydrogen) atoms. The summed E-state index contributed by atoms with van der Waals surface area (Å²) in [5.74, 6) is -0.164. The SMILES string of the molecule is COc1ccc(C)c([C@@]23Cc4[nH]c(=O)c(C(=O)O)cc4CC2(O)[C@H]2C(CN2C)C3)c1. The van der Waals surface area contributed by atoms with Crippen LogP contribution in [0.2, 0.25) is 0 Å². The molecule has 1 aromatic heterocycles. The van der Waals surface area contributed by atoms with Crippen LogP contribution < -0.4 is 10.3 Å². The van der Waals surface area contributed by atoms with Gasteiger partial charge in [-0.1, -0.05) is 6.07 Å². The van der Waals surface area contributed by atoms with Crippen LogP contribution in [0.15, 0.2) is 29.1 Å². The number of aromatic amines is 1. The summed E-state index contributed by atoms with van der Waals surface area (Å²) in [6.07, 6.45) is 1.58. The first-order valence-electron chi connectivity index (χ1n) is 10.3. The van der Waals surface area contributed by atoms with Crippen molar-refractivity contribution in [3.8, 4) is 5.75 Å². The first-order valence-corrected chi connectivity index (χ1v) is 10.3. The van der Waals surface area contributed by atoms with Gasteiger partial charge in [0.1, 0.15) is 11.3 Å². The Morgan fingerprint density at radius 3 is 2.73 bits per heavy atom. The Labute approximate surface area is 174 Å². The summed E-state index contributed by atoms with van der Waals surface area (Å²) in [6.45, 7) is 2.96. The largest absolute Gasteiger partial charge is 0.497 e. The number of aryl methyl sites for hydroxylation is 1. The maximum atomic E-state index is 12.4. The lowest BCUT2D eigenvalue weighted by atomic mass is 9.59. The number of aromatic nitrogens is 1. The fraction of sp³-hybridized carbons (Fsp3) is 0.478. The molecule has 2 heterocycles. The number of hydrogen-bond donors (Lipinski definition) is 3. The summed E-state index contributed by atoms with van der Waals surface area (Å²) < 4.78 is 5.48. The summed E-state index contributed by atoms with van der Waals surface area (Å²) in [5.41, 5.74) is 1.04. The van der Waals surface area contributed by atoms with Crippen molar-refractivity contribution >= 4 is 5.97 Å². The van der Waals surface area contributed by atoms with E-state index in [0.717, 1.165) is 35.5 Å². The van der Waals surface area contributed by atoms with Crippen LogP contribution in [0.5, 0.6) is 5.75 Å². The number of likely N-dealkylation sites (tertiary alicyclic amines) is 1.